The fourth-order valence-corrected chi connectivity index (χ4v) is 4.43. The van der Waals surface area contributed by atoms with E-state index in [0.717, 1.165) is 30.7 Å². The van der Waals surface area contributed by atoms with Gasteiger partial charge in [-0.3, -0.25) is 0 Å². The topological polar surface area (TPSA) is 29.5 Å². The Morgan fingerprint density at radius 2 is 1.92 bits per heavy atom. The molecular formula is C21H31FO2. The number of halogens is 1. The van der Waals surface area contributed by atoms with Gasteiger partial charge < -0.3 is 9.84 Å². The number of aliphatic hydroxyl groups excluding tert-OH is 1. The van der Waals surface area contributed by atoms with Crippen LogP contribution in [0, 0.1) is 17.7 Å². The standard InChI is InChI=1S/C21H31FO2/c1-3-5-19(23)17-12-16-10-11-20(24-21(16)13-18(17)22)15-8-6-14(4-2)7-9-15/h12-15,19-20,23H,3-11H2,1-2H3. The van der Waals surface area contributed by atoms with Gasteiger partial charge in [-0.2, -0.15) is 0 Å². The maximum atomic E-state index is 14.4. The predicted octanol–water partition coefficient (Wildman–Crippen LogP) is 5.57. The zero-order chi connectivity index (χ0) is 17.1. The highest BCUT2D eigenvalue weighted by Crippen LogP contribution is 2.39. The predicted molar refractivity (Wildman–Crippen MR) is 94.7 cm³/mol. The van der Waals surface area contributed by atoms with E-state index < -0.39 is 6.10 Å². The minimum absolute atomic E-state index is 0.237. The van der Waals surface area contributed by atoms with Crippen LogP contribution >= 0.6 is 0 Å². The number of aryl methyl sites for hydroxylation is 1. The fraction of sp³-hybridized carbons (Fsp3) is 0.714. The summed E-state index contributed by atoms with van der Waals surface area (Å²) in [6.45, 7) is 4.28. The molecule has 1 aromatic rings. The van der Waals surface area contributed by atoms with Crippen molar-refractivity contribution in [2.45, 2.75) is 83.8 Å². The average Bonchev–Trinajstić information content (AvgIpc) is 2.61. The van der Waals surface area contributed by atoms with Crippen LogP contribution in [0.25, 0.3) is 0 Å². The Morgan fingerprint density at radius 1 is 1.17 bits per heavy atom. The van der Waals surface area contributed by atoms with Crippen molar-refractivity contribution >= 4 is 0 Å². The number of aliphatic hydroxyl groups is 1. The molecule has 2 unspecified atom stereocenters. The van der Waals surface area contributed by atoms with Gasteiger partial charge in [-0.15, -0.1) is 0 Å². The molecule has 0 radical (unpaired) electrons. The summed E-state index contributed by atoms with van der Waals surface area (Å²) in [6, 6.07) is 3.34. The largest absolute Gasteiger partial charge is 0.490 e. The van der Waals surface area contributed by atoms with Crippen LogP contribution in [0.1, 0.15) is 82.4 Å². The number of benzene rings is 1. The van der Waals surface area contributed by atoms with Gasteiger partial charge in [0.15, 0.2) is 0 Å². The minimum Gasteiger partial charge on any atom is -0.490 e. The first kappa shape index (κ1) is 17.7. The molecule has 2 atom stereocenters. The zero-order valence-corrected chi connectivity index (χ0v) is 15.1. The molecule has 1 aromatic carbocycles. The number of hydrogen-bond donors (Lipinski definition) is 1. The van der Waals surface area contributed by atoms with Gasteiger partial charge in [0.25, 0.3) is 0 Å². The molecule has 0 saturated heterocycles. The van der Waals surface area contributed by atoms with E-state index in [4.69, 9.17) is 4.74 Å². The second-order valence-electron chi connectivity index (χ2n) is 7.67. The Labute approximate surface area is 145 Å². The molecule has 1 saturated carbocycles. The summed E-state index contributed by atoms with van der Waals surface area (Å²) in [5.74, 6) is 1.88. The lowest BCUT2D eigenvalue weighted by atomic mass is 9.77. The Kier molecular flexibility index (Phi) is 5.80. The summed E-state index contributed by atoms with van der Waals surface area (Å²) in [4.78, 5) is 0. The molecule has 3 rings (SSSR count). The molecule has 2 aliphatic rings. The Morgan fingerprint density at radius 3 is 2.58 bits per heavy atom. The molecule has 1 N–H and O–H groups in total. The molecule has 24 heavy (non-hydrogen) atoms. The average molecular weight is 334 g/mol. The van der Waals surface area contributed by atoms with Gasteiger partial charge in [-0.1, -0.05) is 39.5 Å². The molecule has 0 amide bonds. The molecule has 1 heterocycles. The van der Waals surface area contributed by atoms with Crippen molar-refractivity contribution < 1.29 is 14.2 Å². The highest BCUT2D eigenvalue weighted by atomic mass is 19.1. The molecule has 0 aromatic heterocycles. The summed E-state index contributed by atoms with van der Waals surface area (Å²) >= 11 is 0. The second kappa shape index (κ2) is 7.86. The van der Waals surface area contributed by atoms with E-state index in [2.05, 4.69) is 6.92 Å². The van der Waals surface area contributed by atoms with Crippen molar-refractivity contribution in [3.63, 3.8) is 0 Å². The van der Waals surface area contributed by atoms with Crippen LogP contribution in [0.3, 0.4) is 0 Å². The van der Waals surface area contributed by atoms with Crippen molar-refractivity contribution in [3.05, 3.63) is 29.1 Å². The van der Waals surface area contributed by atoms with Crippen molar-refractivity contribution in [3.8, 4) is 5.75 Å². The van der Waals surface area contributed by atoms with Gasteiger partial charge >= 0.3 is 0 Å². The number of hydrogen-bond acceptors (Lipinski definition) is 2. The first-order valence-electron chi connectivity index (χ1n) is 9.79. The van der Waals surface area contributed by atoms with E-state index in [1.807, 2.05) is 13.0 Å². The molecular weight excluding hydrogens is 303 g/mol. The molecule has 0 bridgehead atoms. The Hall–Kier alpha value is -1.09. The fourth-order valence-electron chi connectivity index (χ4n) is 4.43. The van der Waals surface area contributed by atoms with Crippen LogP contribution in [0.2, 0.25) is 0 Å². The van der Waals surface area contributed by atoms with Crippen molar-refractivity contribution in [2.75, 3.05) is 0 Å². The highest BCUT2D eigenvalue weighted by molar-refractivity contribution is 5.40. The maximum absolute atomic E-state index is 14.4. The lowest BCUT2D eigenvalue weighted by molar-refractivity contribution is 0.0758. The van der Waals surface area contributed by atoms with Crippen LogP contribution in [0.5, 0.6) is 5.75 Å². The molecule has 134 valence electrons. The lowest BCUT2D eigenvalue weighted by Crippen LogP contribution is -2.33. The molecule has 1 aliphatic heterocycles. The number of ether oxygens (including phenoxy) is 1. The minimum atomic E-state index is -0.706. The van der Waals surface area contributed by atoms with Gasteiger partial charge in [0.05, 0.1) is 6.10 Å². The maximum Gasteiger partial charge on any atom is 0.132 e. The van der Waals surface area contributed by atoms with Crippen LogP contribution in [0.15, 0.2) is 12.1 Å². The van der Waals surface area contributed by atoms with Crippen LogP contribution in [-0.2, 0) is 6.42 Å². The van der Waals surface area contributed by atoms with Gasteiger partial charge in [-0.05, 0) is 55.6 Å². The SMILES string of the molecule is CCCC(O)c1cc2c(cc1F)OC(C1CCC(CC)CC1)CC2. The third kappa shape index (κ3) is 3.77. The van der Waals surface area contributed by atoms with Gasteiger partial charge in [0.2, 0.25) is 0 Å². The molecule has 3 heteroatoms. The van der Waals surface area contributed by atoms with Crippen molar-refractivity contribution in [1.29, 1.82) is 0 Å². The van der Waals surface area contributed by atoms with E-state index >= 15 is 0 Å². The van der Waals surface area contributed by atoms with Gasteiger partial charge in [-0.25, -0.2) is 4.39 Å². The highest BCUT2D eigenvalue weighted by Gasteiger charge is 2.31. The second-order valence-corrected chi connectivity index (χ2v) is 7.67. The molecule has 1 aliphatic carbocycles. The van der Waals surface area contributed by atoms with E-state index in [-0.39, 0.29) is 11.9 Å². The number of fused-ring (bicyclic) bond motifs is 1. The van der Waals surface area contributed by atoms with Gasteiger partial charge in [0, 0.05) is 11.6 Å². The third-order valence-electron chi connectivity index (χ3n) is 6.07. The monoisotopic (exact) mass is 334 g/mol. The Balaban J connectivity index is 1.69. The van der Waals surface area contributed by atoms with Crippen molar-refractivity contribution in [1.82, 2.24) is 0 Å². The number of rotatable bonds is 5. The third-order valence-corrected chi connectivity index (χ3v) is 6.07. The summed E-state index contributed by atoms with van der Waals surface area (Å²) < 4.78 is 20.6. The zero-order valence-electron chi connectivity index (χ0n) is 15.1. The molecule has 0 spiro atoms. The Bertz CT molecular complexity index is 549. The van der Waals surface area contributed by atoms with E-state index in [0.29, 0.717) is 23.7 Å². The first-order chi connectivity index (χ1) is 11.6. The molecule has 2 nitrogen and oxygen atoms in total. The van der Waals surface area contributed by atoms with E-state index in [1.54, 1.807) is 0 Å². The van der Waals surface area contributed by atoms with Crippen LogP contribution in [0.4, 0.5) is 4.39 Å². The van der Waals surface area contributed by atoms with Crippen LogP contribution < -0.4 is 4.74 Å². The van der Waals surface area contributed by atoms with Crippen molar-refractivity contribution in [2.24, 2.45) is 11.8 Å². The quantitative estimate of drug-likeness (QED) is 0.763. The summed E-state index contributed by atoms with van der Waals surface area (Å²) in [7, 11) is 0. The normalized spacial score (nSPS) is 28.1. The molecule has 1 fully saturated rings. The summed E-state index contributed by atoms with van der Waals surface area (Å²) in [6.07, 6.45) is 9.32. The first-order valence-corrected chi connectivity index (χ1v) is 9.79. The lowest BCUT2D eigenvalue weighted by Gasteiger charge is -2.36. The van der Waals surface area contributed by atoms with Crippen LogP contribution in [-0.4, -0.2) is 11.2 Å². The smallest absolute Gasteiger partial charge is 0.132 e. The summed E-state index contributed by atoms with van der Waals surface area (Å²) in [5.41, 5.74) is 1.49. The van der Waals surface area contributed by atoms with E-state index in [9.17, 15) is 9.50 Å². The summed E-state index contributed by atoms with van der Waals surface area (Å²) in [5, 5.41) is 10.1. The van der Waals surface area contributed by atoms with E-state index in [1.165, 1.54) is 38.2 Å². The van der Waals surface area contributed by atoms with Gasteiger partial charge in [0.1, 0.15) is 17.7 Å².